The molecule has 0 aliphatic carbocycles. The van der Waals surface area contributed by atoms with Crippen LogP contribution in [0.5, 0.6) is 0 Å². The average Bonchev–Trinajstić information content (AvgIpc) is 2.12. The molecule has 1 unspecified atom stereocenters. The van der Waals surface area contributed by atoms with Crippen LogP contribution in [0.2, 0.25) is 0 Å². The van der Waals surface area contributed by atoms with Crippen molar-refractivity contribution in [1.29, 1.82) is 0 Å². The molecule has 1 fully saturated rings. The van der Waals surface area contributed by atoms with Crippen molar-refractivity contribution in [1.82, 2.24) is 10.2 Å². The minimum Gasteiger partial charge on any atom is -0.311 e. The van der Waals surface area contributed by atoms with Gasteiger partial charge in [-0.25, -0.2) is 0 Å². The largest absolute Gasteiger partial charge is 0.311 e. The quantitative estimate of drug-likeness (QED) is 0.692. The lowest BCUT2D eigenvalue weighted by molar-refractivity contribution is 0.0761. The number of piperazine rings is 1. The van der Waals surface area contributed by atoms with Gasteiger partial charge in [-0.3, -0.25) is 4.90 Å². The highest BCUT2D eigenvalue weighted by Crippen LogP contribution is 2.19. The van der Waals surface area contributed by atoms with E-state index in [4.69, 9.17) is 0 Å². The summed E-state index contributed by atoms with van der Waals surface area (Å²) < 4.78 is 0. The molecule has 1 heterocycles. The van der Waals surface area contributed by atoms with Gasteiger partial charge in [0.05, 0.1) is 0 Å². The zero-order chi connectivity index (χ0) is 10.6. The number of nitrogens with zero attached hydrogens (tertiary/aromatic N) is 1. The van der Waals surface area contributed by atoms with E-state index >= 15 is 0 Å². The summed E-state index contributed by atoms with van der Waals surface area (Å²) in [4.78, 5) is 2.52. The molecule has 0 bridgehead atoms. The molecule has 0 aromatic carbocycles. The molecule has 2 nitrogen and oxygen atoms in total. The molecule has 0 aromatic heterocycles. The number of hydrogen-bond donors (Lipinski definition) is 1. The maximum Gasteiger partial charge on any atom is 0.0281 e. The third-order valence-corrected chi connectivity index (χ3v) is 3.11. The minimum atomic E-state index is 0.276. The van der Waals surface area contributed by atoms with Gasteiger partial charge in [-0.15, -0.1) is 6.58 Å². The summed E-state index contributed by atoms with van der Waals surface area (Å²) in [5, 5.41) is 3.62. The Morgan fingerprint density at radius 2 is 2.29 bits per heavy atom. The van der Waals surface area contributed by atoms with E-state index in [-0.39, 0.29) is 5.54 Å². The van der Waals surface area contributed by atoms with Crippen LogP contribution in [0.15, 0.2) is 12.7 Å². The van der Waals surface area contributed by atoms with Gasteiger partial charge in [0.1, 0.15) is 0 Å². The summed E-state index contributed by atoms with van der Waals surface area (Å²) in [6.45, 7) is 13.9. The lowest BCUT2D eigenvalue weighted by atomic mass is 9.96. The van der Waals surface area contributed by atoms with Crippen molar-refractivity contribution in [3.8, 4) is 0 Å². The van der Waals surface area contributed by atoms with Crippen LogP contribution in [0.4, 0.5) is 0 Å². The van der Waals surface area contributed by atoms with Crippen molar-refractivity contribution in [3.05, 3.63) is 12.7 Å². The van der Waals surface area contributed by atoms with Gasteiger partial charge < -0.3 is 5.32 Å². The van der Waals surface area contributed by atoms with E-state index in [9.17, 15) is 0 Å². The molecule has 1 aliphatic heterocycles. The molecular weight excluding hydrogens is 172 g/mol. The molecule has 1 saturated heterocycles. The standard InChI is InChI=1S/C12H24N2/c1-5-7-11-9-14(8-6-2)12(3,4)10-13-11/h6,11,13H,2,5,7-10H2,1,3-4H3. The van der Waals surface area contributed by atoms with Gasteiger partial charge in [0.25, 0.3) is 0 Å². The summed E-state index contributed by atoms with van der Waals surface area (Å²) in [6, 6.07) is 0.674. The van der Waals surface area contributed by atoms with E-state index in [0.29, 0.717) is 6.04 Å². The Hall–Kier alpha value is -0.340. The van der Waals surface area contributed by atoms with Crippen LogP contribution in [0.1, 0.15) is 33.6 Å². The van der Waals surface area contributed by atoms with Crippen molar-refractivity contribution in [2.45, 2.75) is 45.2 Å². The van der Waals surface area contributed by atoms with Crippen LogP contribution in [0.3, 0.4) is 0 Å². The van der Waals surface area contributed by atoms with Gasteiger partial charge in [-0.2, -0.15) is 0 Å². The summed E-state index contributed by atoms with van der Waals surface area (Å²) in [5.41, 5.74) is 0.276. The summed E-state index contributed by atoms with van der Waals surface area (Å²) in [6.07, 6.45) is 4.56. The van der Waals surface area contributed by atoms with Crippen molar-refractivity contribution >= 4 is 0 Å². The Morgan fingerprint density at radius 3 is 2.86 bits per heavy atom. The summed E-state index contributed by atoms with van der Waals surface area (Å²) in [7, 11) is 0. The summed E-state index contributed by atoms with van der Waals surface area (Å²) in [5.74, 6) is 0. The third-order valence-electron chi connectivity index (χ3n) is 3.11. The Morgan fingerprint density at radius 1 is 1.57 bits per heavy atom. The van der Waals surface area contributed by atoms with Gasteiger partial charge in [-0.05, 0) is 20.3 Å². The van der Waals surface area contributed by atoms with Gasteiger partial charge in [0, 0.05) is 31.2 Å². The first-order valence-corrected chi connectivity index (χ1v) is 5.69. The van der Waals surface area contributed by atoms with E-state index in [2.05, 4.69) is 37.6 Å². The molecule has 2 heteroatoms. The lowest BCUT2D eigenvalue weighted by Crippen LogP contribution is -2.61. The zero-order valence-electron chi connectivity index (χ0n) is 9.84. The second kappa shape index (κ2) is 4.94. The predicted molar refractivity (Wildman–Crippen MR) is 62.5 cm³/mol. The number of hydrogen-bond acceptors (Lipinski definition) is 2. The maximum atomic E-state index is 3.83. The maximum absolute atomic E-state index is 3.83. The fraction of sp³-hybridized carbons (Fsp3) is 0.833. The van der Waals surface area contributed by atoms with Crippen LogP contribution < -0.4 is 5.32 Å². The van der Waals surface area contributed by atoms with Crippen LogP contribution in [0.25, 0.3) is 0 Å². The van der Waals surface area contributed by atoms with Gasteiger partial charge in [0.2, 0.25) is 0 Å². The van der Waals surface area contributed by atoms with E-state index in [0.717, 1.165) is 19.6 Å². The van der Waals surface area contributed by atoms with Crippen LogP contribution in [-0.2, 0) is 0 Å². The third kappa shape index (κ3) is 2.82. The lowest BCUT2D eigenvalue weighted by Gasteiger charge is -2.45. The normalized spacial score (nSPS) is 27.5. The van der Waals surface area contributed by atoms with E-state index in [1.54, 1.807) is 0 Å². The van der Waals surface area contributed by atoms with E-state index in [1.807, 2.05) is 6.08 Å². The second-order valence-electron chi connectivity index (χ2n) is 4.87. The van der Waals surface area contributed by atoms with Crippen molar-refractivity contribution < 1.29 is 0 Å². The van der Waals surface area contributed by atoms with Gasteiger partial charge in [0.15, 0.2) is 0 Å². The number of nitrogens with one attached hydrogen (secondary N) is 1. The molecule has 14 heavy (non-hydrogen) atoms. The molecular formula is C12H24N2. The summed E-state index contributed by atoms with van der Waals surface area (Å²) >= 11 is 0. The highest BCUT2D eigenvalue weighted by molar-refractivity contribution is 4.95. The zero-order valence-corrected chi connectivity index (χ0v) is 9.84. The molecule has 0 saturated carbocycles. The fourth-order valence-electron chi connectivity index (χ4n) is 2.10. The topological polar surface area (TPSA) is 15.3 Å². The Bertz CT molecular complexity index is 187. The first-order valence-electron chi connectivity index (χ1n) is 5.69. The number of rotatable bonds is 4. The monoisotopic (exact) mass is 196 g/mol. The SMILES string of the molecule is C=CCN1CC(CCC)NCC1(C)C. The van der Waals surface area contributed by atoms with Crippen LogP contribution in [0, 0.1) is 0 Å². The predicted octanol–water partition coefficient (Wildman–Crippen LogP) is 2.02. The average molecular weight is 196 g/mol. The minimum absolute atomic E-state index is 0.276. The molecule has 1 aliphatic rings. The van der Waals surface area contributed by atoms with Crippen LogP contribution in [-0.4, -0.2) is 36.1 Å². The van der Waals surface area contributed by atoms with Crippen LogP contribution >= 0.6 is 0 Å². The van der Waals surface area contributed by atoms with Crippen molar-refractivity contribution in [2.24, 2.45) is 0 Å². The van der Waals surface area contributed by atoms with Gasteiger partial charge in [-0.1, -0.05) is 19.4 Å². The Labute approximate surface area is 88.4 Å². The highest BCUT2D eigenvalue weighted by atomic mass is 15.3. The molecule has 1 rings (SSSR count). The molecule has 1 atom stereocenters. The Kier molecular flexibility index (Phi) is 4.14. The molecule has 0 amide bonds. The van der Waals surface area contributed by atoms with Crippen molar-refractivity contribution in [3.63, 3.8) is 0 Å². The first kappa shape index (κ1) is 11.7. The molecule has 0 spiro atoms. The second-order valence-corrected chi connectivity index (χ2v) is 4.87. The Balaban J connectivity index is 2.53. The van der Waals surface area contributed by atoms with E-state index in [1.165, 1.54) is 12.8 Å². The highest BCUT2D eigenvalue weighted by Gasteiger charge is 2.32. The smallest absolute Gasteiger partial charge is 0.0281 e. The molecule has 0 aromatic rings. The van der Waals surface area contributed by atoms with Gasteiger partial charge >= 0.3 is 0 Å². The fourth-order valence-corrected chi connectivity index (χ4v) is 2.10. The molecule has 1 N–H and O–H groups in total. The molecule has 0 radical (unpaired) electrons. The van der Waals surface area contributed by atoms with E-state index < -0.39 is 0 Å². The molecule has 82 valence electrons. The van der Waals surface area contributed by atoms with Crippen molar-refractivity contribution in [2.75, 3.05) is 19.6 Å². The first-order chi connectivity index (χ1) is 6.60.